The van der Waals surface area contributed by atoms with Crippen LogP contribution in [-0.4, -0.2) is 30.6 Å². The highest BCUT2D eigenvalue weighted by Gasteiger charge is 2.12. The van der Waals surface area contributed by atoms with Crippen molar-refractivity contribution in [3.8, 4) is 5.82 Å². The maximum atomic E-state index is 12.7. The smallest absolute Gasteiger partial charge is 0.257 e. The molecule has 0 saturated heterocycles. The van der Waals surface area contributed by atoms with Gasteiger partial charge >= 0.3 is 0 Å². The van der Waals surface area contributed by atoms with Gasteiger partial charge in [-0.15, -0.1) is 0 Å². The van der Waals surface area contributed by atoms with Gasteiger partial charge in [0.15, 0.2) is 5.82 Å². The van der Waals surface area contributed by atoms with Crippen molar-refractivity contribution in [2.24, 2.45) is 0 Å². The molecule has 3 aromatic heterocycles. The molecule has 0 unspecified atom stereocenters. The van der Waals surface area contributed by atoms with Crippen molar-refractivity contribution in [3.63, 3.8) is 0 Å². The zero-order valence-electron chi connectivity index (χ0n) is 14.3. The number of carbonyl (C=O) groups is 1. The highest BCUT2D eigenvalue weighted by molar-refractivity contribution is 6.06. The molecule has 0 bridgehead atoms. The molecule has 0 saturated carbocycles. The van der Waals surface area contributed by atoms with Crippen LogP contribution in [0.25, 0.3) is 16.7 Å². The molecule has 0 spiro atoms. The van der Waals surface area contributed by atoms with Crippen LogP contribution in [0.2, 0.25) is 0 Å². The van der Waals surface area contributed by atoms with Gasteiger partial charge in [0.05, 0.1) is 28.7 Å². The predicted molar refractivity (Wildman–Crippen MR) is 98.3 cm³/mol. The summed E-state index contributed by atoms with van der Waals surface area (Å²) in [7, 11) is 0. The number of aryl methyl sites for hydroxylation is 2. The molecule has 3 heterocycles. The molecule has 7 nitrogen and oxygen atoms in total. The minimum absolute atomic E-state index is 0.215. The molecule has 4 aromatic rings. The highest BCUT2D eigenvalue weighted by Crippen LogP contribution is 2.19. The van der Waals surface area contributed by atoms with Gasteiger partial charge in [-0.25, -0.2) is 14.6 Å². The number of pyridine rings is 2. The lowest BCUT2D eigenvalue weighted by molar-refractivity contribution is 0.102. The van der Waals surface area contributed by atoms with E-state index < -0.39 is 0 Å². The van der Waals surface area contributed by atoms with Gasteiger partial charge in [-0.05, 0) is 43.7 Å². The Morgan fingerprint density at radius 1 is 1.12 bits per heavy atom. The second-order valence-corrected chi connectivity index (χ2v) is 6.02. The number of nitrogens with zero attached hydrogens (tertiary/aromatic N) is 5. The second-order valence-electron chi connectivity index (χ2n) is 6.02. The van der Waals surface area contributed by atoms with Gasteiger partial charge in [0.2, 0.25) is 0 Å². The number of amides is 1. The Hall–Kier alpha value is -3.61. The first-order valence-corrected chi connectivity index (χ1v) is 8.10. The van der Waals surface area contributed by atoms with Crippen molar-refractivity contribution in [2.75, 3.05) is 5.32 Å². The van der Waals surface area contributed by atoms with Crippen LogP contribution in [0.15, 0.2) is 55.2 Å². The van der Waals surface area contributed by atoms with Crippen LogP contribution in [0.4, 0.5) is 5.69 Å². The van der Waals surface area contributed by atoms with Crippen molar-refractivity contribution < 1.29 is 4.79 Å². The zero-order valence-corrected chi connectivity index (χ0v) is 14.3. The van der Waals surface area contributed by atoms with Crippen LogP contribution in [0.1, 0.15) is 21.6 Å². The molecule has 1 aromatic carbocycles. The summed E-state index contributed by atoms with van der Waals surface area (Å²) in [5.74, 6) is 0.409. The van der Waals surface area contributed by atoms with E-state index in [-0.39, 0.29) is 5.91 Å². The third-order valence-corrected chi connectivity index (χ3v) is 4.07. The van der Waals surface area contributed by atoms with Crippen LogP contribution >= 0.6 is 0 Å². The lowest BCUT2D eigenvalue weighted by atomic mass is 10.1. The summed E-state index contributed by atoms with van der Waals surface area (Å²) in [5.41, 5.74) is 3.86. The fourth-order valence-electron chi connectivity index (χ4n) is 2.72. The summed E-state index contributed by atoms with van der Waals surface area (Å²) >= 11 is 0. The van der Waals surface area contributed by atoms with Crippen LogP contribution in [0.5, 0.6) is 0 Å². The Labute approximate surface area is 149 Å². The molecule has 0 radical (unpaired) electrons. The van der Waals surface area contributed by atoms with Gasteiger partial charge in [0.25, 0.3) is 5.91 Å². The molecule has 0 aliphatic heterocycles. The maximum Gasteiger partial charge on any atom is 0.257 e. The van der Waals surface area contributed by atoms with E-state index in [1.165, 1.54) is 6.33 Å². The standard InChI is InChI=1S/C19H16N6O/c1-12-3-4-14-8-16(13(2)23-17(14)7-12)19(26)24-15-5-6-18(21-9-15)25-11-20-10-22-25/h3-11H,1-2H3,(H,24,26). The number of nitrogens with one attached hydrogen (secondary N) is 1. The minimum Gasteiger partial charge on any atom is -0.321 e. The largest absolute Gasteiger partial charge is 0.321 e. The average molecular weight is 344 g/mol. The lowest BCUT2D eigenvalue weighted by Crippen LogP contribution is -2.14. The van der Waals surface area contributed by atoms with Crippen LogP contribution in [0, 0.1) is 13.8 Å². The van der Waals surface area contributed by atoms with Crippen molar-refractivity contribution in [1.82, 2.24) is 24.7 Å². The number of benzene rings is 1. The van der Waals surface area contributed by atoms with Gasteiger partial charge in [0.1, 0.15) is 12.7 Å². The van der Waals surface area contributed by atoms with E-state index >= 15 is 0 Å². The third kappa shape index (κ3) is 3.02. The number of fused-ring (bicyclic) bond motifs is 1. The Morgan fingerprint density at radius 3 is 2.73 bits per heavy atom. The second kappa shape index (κ2) is 6.36. The summed E-state index contributed by atoms with van der Waals surface area (Å²) in [6.07, 6.45) is 4.59. The number of rotatable bonds is 3. The van der Waals surface area contributed by atoms with E-state index in [4.69, 9.17) is 0 Å². The molecule has 0 atom stereocenters. The quantitative estimate of drug-likeness (QED) is 0.617. The van der Waals surface area contributed by atoms with E-state index in [0.717, 1.165) is 16.5 Å². The first kappa shape index (κ1) is 15.9. The van der Waals surface area contributed by atoms with Gasteiger partial charge in [0, 0.05) is 5.39 Å². The molecule has 0 fully saturated rings. The van der Waals surface area contributed by atoms with E-state index in [0.29, 0.717) is 22.8 Å². The molecule has 4 rings (SSSR count). The predicted octanol–water partition coefficient (Wildman–Crippen LogP) is 3.08. The number of hydrogen-bond acceptors (Lipinski definition) is 5. The number of carbonyl (C=O) groups excluding carboxylic acids is 1. The van der Waals surface area contributed by atoms with Crippen molar-refractivity contribution >= 4 is 22.5 Å². The fourth-order valence-corrected chi connectivity index (χ4v) is 2.72. The molecule has 0 aliphatic rings. The molecule has 0 aliphatic carbocycles. The van der Waals surface area contributed by atoms with Crippen LogP contribution in [0.3, 0.4) is 0 Å². The van der Waals surface area contributed by atoms with Crippen LogP contribution in [-0.2, 0) is 0 Å². The molecule has 128 valence electrons. The fraction of sp³-hybridized carbons (Fsp3) is 0.105. The molecular formula is C19H16N6O. The Balaban J connectivity index is 1.59. The van der Waals surface area contributed by atoms with Crippen molar-refractivity contribution in [2.45, 2.75) is 13.8 Å². The Kier molecular flexibility index (Phi) is 3.89. The van der Waals surface area contributed by atoms with E-state index in [2.05, 4.69) is 25.4 Å². The van der Waals surface area contributed by atoms with Gasteiger partial charge in [-0.2, -0.15) is 5.10 Å². The Morgan fingerprint density at radius 2 is 2.00 bits per heavy atom. The number of hydrogen-bond donors (Lipinski definition) is 1. The summed E-state index contributed by atoms with van der Waals surface area (Å²) < 4.78 is 1.55. The SMILES string of the molecule is Cc1ccc2cc(C(=O)Nc3ccc(-n4cncn4)nc3)c(C)nc2c1. The van der Waals surface area contributed by atoms with Gasteiger partial charge in [-0.3, -0.25) is 9.78 Å². The number of aromatic nitrogens is 5. The summed E-state index contributed by atoms with van der Waals surface area (Å²) in [5, 5.41) is 7.82. The molecule has 1 N–H and O–H groups in total. The molecule has 1 amide bonds. The summed E-state index contributed by atoms with van der Waals surface area (Å²) in [6.45, 7) is 3.86. The molecule has 26 heavy (non-hydrogen) atoms. The third-order valence-electron chi connectivity index (χ3n) is 4.07. The van der Waals surface area contributed by atoms with E-state index in [9.17, 15) is 4.79 Å². The highest BCUT2D eigenvalue weighted by atomic mass is 16.1. The monoisotopic (exact) mass is 344 g/mol. The molecular weight excluding hydrogens is 328 g/mol. The first-order chi connectivity index (χ1) is 12.6. The summed E-state index contributed by atoms with van der Waals surface area (Å²) in [4.78, 5) is 25.4. The zero-order chi connectivity index (χ0) is 18.1. The Bertz CT molecular complexity index is 1090. The van der Waals surface area contributed by atoms with E-state index in [1.807, 2.05) is 38.1 Å². The van der Waals surface area contributed by atoms with Crippen molar-refractivity contribution in [3.05, 3.63) is 72.1 Å². The molecule has 7 heteroatoms. The first-order valence-electron chi connectivity index (χ1n) is 8.10. The normalized spacial score (nSPS) is 10.8. The summed E-state index contributed by atoms with van der Waals surface area (Å²) in [6, 6.07) is 11.4. The minimum atomic E-state index is -0.215. The number of anilines is 1. The van der Waals surface area contributed by atoms with Gasteiger partial charge in [-0.1, -0.05) is 12.1 Å². The van der Waals surface area contributed by atoms with Crippen LogP contribution < -0.4 is 5.32 Å². The lowest BCUT2D eigenvalue weighted by Gasteiger charge is -2.09. The average Bonchev–Trinajstić information content (AvgIpc) is 3.16. The van der Waals surface area contributed by atoms with Gasteiger partial charge < -0.3 is 5.32 Å². The van der Waals surface area contributed by atoms with E-state index in [1.54, 1.807) is 29.3 Å². The topological polar surface area (TPSA) is 85.6 Å². The van der Waals surface area contributed by atoms with Crippen molar-refractivity contribution in [1.29, 1.82) is 0 Å². The maximum absolute atomic E-state index is 12.7.